The molecule has 0 bridgehead atoms. The molecule has 2 atom stereocenters. The van der Waals surface area contributed by atoms with Crippen molar-refractivity contribution in [1.29, 1.82) is 0 Å². The maximum absolute atomic E-state index is 12.1. The molecule has 150 valence electrons. The van der Waals surface area contributed by atoms with Crippen molar-refractivity contribution in [3.05, 3.63) is 65.6 Å². The predicted octanol–water partition coefficient (Wildman–Crippen LogP) is 5.80. The van der Waals surface area contributed by atoms with Crippen LogP contribution in [0.2, 0.25) is 0 Å². The monoisotopic (exact) mass is 409 g/mol. The number of hydrogen-bond donors (Lipinski definition) is 1. The van der Waals surface area contributed by atoms with Crippen LogP contribution in [0, 0.1) is 0 Å². The van der Waals surface area contributed by atoms with Gasteiger partial charge in [0.15, 0.2) is 0 Å². The van der Waals surface area contributed by atoms with E-state index in [-0.39, 0.29) is 17.7 Å². The van der Waals surface area contributed by atoms with Crippen LogP contribution in [0.1, 0.15) is 41.4 Å². The van der Waals surface area contributed by atoms with Gasteiger partial charge in [-0.15, -0.1) is 17.9 Å². The summed E-state index contributed by atoms with van der Waals surface area (Å²) in [5.41, 5.74) is 3.95. The molecule has 5 nitrogen and oxygen atoms in total. The molecule has 4 rings (SSSR count). The van der Waals surface area contributed by atoms with Crippen molar-refractivity contribution in [3.8, 4) is 27.6 Å². The Morgan fingerprint density at radius 3 is 2.79 bits per heavy atom. The average Bonchev–Trinajstić information content (AvgIpc) is 3.38. The summed E-state index contributed by atoms with van der Waals surface area (Å²) < 4.78 is 13.7. The number of carboxylic acid groups (broad SMARTS) is 1. The second-order valence-corrected chi connectivity index (χ2v) is 7.87. The maximum Gasteiger partial charge on any atom is 0.337 e. The highest BCUT2D eigenvalue weighted by Gasteiger charge is 2.37. The first-order valence-corrected chi connectivity index (χ1v) is 10.4. The van der Waals surface area contributed by atoms with E-state index in [4.69, 9.17) is 9.47 Å². The molecule has 2 aromatic heterocycles. The molecular formula is C23H23NO4S. The number of carboxylic acids is 1. The van der Waals surface area contributed by atoms with Crippen molar-refractivity contribution in [3.63, 3.8) is 0 Å². The molecule has 29 heavy (non-hydrogen) atoms. The van der Waals surface area contributed by atoms with Crippen LogP contribution in [0.5, 0.6) is 5.75 Å². The van der Waals surface area contributed by atoms with Gasteiger partial charge in [0.05, 0.1) is 35.5 Å². The quantitative estimate of drug-likeness (QED) is 0.501. The van der Waals surface area contributed by atoms with Crippen LogP contribution in [-0.2, 0) is 4.74 Å². The number of ether oxygens (including phenoxy) is 2. The van der Waals surface area contributed by atoms with Gasteiger partial charge in [-0.3, -0.25) is 0 Å². The number of fused-ring (bicyclic) bond motifs is 3. The molecule has 3 aromatic rings. The van der Waals surface area contributed by atoms with Gasteiger partial charge in [0, 0.05) is 11.5 Å². The summed E-state index contributed by atoms with van der Waals surface area (Å²) in [4.78, 5) is 13.0. The first kappa shape index (κ1) is 19.5. The molecule has 1 aromatic carbocycles. The molecule has 1 aliphatic rings. The van der Waals surface area contributed by atoms with E-state index in [2.05, 4.69) is 18.1 Å². The number of carbonyl (C=O) groups is 1. The van der Waals surface area contributed by atoms with Crippen LogP contribution in [0.3, 0.4) is 0 Å². The fourth-order valence-electron chi connectivity index (χ4n) is 4.14. The normalized spacial score (nSPS) is 17.4. The third-order valence-corrected chi connectivity index (χ3v) is 6.26. The lowest BCUT2D eigenvalue weighted by molar-refractivity contribution is -0.00248. The fraction of sp³-hybridized carbons (Fsp3) is 0.261. The molecule has 0 fully saturated rings. The van der Waals surface area contributed by atoms with Gasteiger partial charge < -0.3 is 19.1 Å². The van der Waals surface area contributed by atoms with E-state index in [1.165, 1.54) is 11.3 Å². The Balaban J connectivity index is 2.04. The van der Waals surface area contributed by atoms with Crippen molar-refractivity contribution < 1.29 is 19.4 Å². The Morgan fingerprint density at radius 2 is 2.17 bits per heavy atom. The average molecular weight is 410 g/mol. The second-order valence-electron chi connectivity index (χ2n) is 6.92. The minimum absolute atomic E-state index is 0.0558. The highest BCUT2D eigenvalue weighted by molar-refractivity contribution is 7.13. The SMILES string of the molecule is C=CCOC1C(CC)c2cc(OC)ccc2-c2cc(C(=O)O)c(-c3cccs3)n21. The summed E-state index contributed by atoms with van der Waals surface area (Å²) in [6, 6.07) is 11.6. The highest BCUT2D eigenvalue weighted by Crippen LogP contribution is 2.50. The smallest absolute Gasteiger partial charge is 0.337 e. The van der Waals surface area contributed by atoms with Crippen LogP contribution >= 0.6 is 11.3 Å². The minimum atomic E-state index is -0.944. The van der Waals surface area contributed by atoms with E-state index in [1.54, 1.807) is 19.3 Å². The third-order valence-electron chi connectivity index (χ3n) is 5.38. The lowest BCUT2D eigenvalue weighted by Gasteiger charge is -2.36. The van der Waals surface area contributed by atoms with Gasteiger partial charge in [-0.1, -0.05) is 19.1 Å². The summed E-state index contributed by atoms with van der Waals surface area (Å²) in [7, 11) is 1.65. The number of benzene rings is 1. The van der Waals surface area contributed by atoms with E-state index < -0.39 is 5.97 Å². The van der Waals surface area contributed by atoms with E-state index >= 15 is 0 Å². The number of aromatic carboxylic acids is 1. The van der Waals surface area contributed by atoms with Crippen LogP contribution < -0.4 is 4.74 Å². The van der Waals surface area contributed by atoms with Crippen LogP contribution in [0.15, 0.2) is 54.4 Å². The summed E-state index contributed by atoms with van der Waals surface area (Å²) >= 11 is 1.53. The summed E-state index contributed by atoms with van der Waals surface area (Å²) in [6.07, 6.45) is 2.23. The first-order chi connectivity index (χ1) is 14.1. The maximum atomic E-state index is 12.1. The van der Waals surface area contributed by atoms with Gasteiger partial charge in [0.2, 0.25) is 0 Å². The van der Waals surface area contributed by atoms with Crippen LogP contribution in [0.4, 0.5) is 0 Å². The lowest BCUT2D eigenvalue weighted by Crippen LogP contribution is -2.26. The molecule has 2 unspecified atom stereocenters. The van der Waals surface area contributed by atoms with Crippen molar-refractivity contribution in [1.82, 2.24) is 4.57 Å². The largest absolute Gasteiger partial charge is 0.497 e. The predicted molar refractivity (Wildman–Crippen MR) is 115 cm³/mol. The van der Waals surface area contributed by atoms with E-state index in [0.29, 0.717) is 12.3 Å². The summed E-state index contributed by atoms with van der Waals surface area (Å²) in [5, 5.41) is 11.9. The standard InChI is InChI=1S/C23H23NO4S/c1-4-10-28-22-15(5-2)17-12-14(27-3)8-9-16(17)19-13-18(23(25)26)21(24(19)22)20-7-6-11-29-20/h4,6-9,11-13,15,22H,1,5,10H2,2-3H3,(H,25,26). The van der Waals surface area contributed by atoms with E-state index in [1.807, 2.05) is 35.7 Å². The highest BCUT2D eigenvalue weighted by atomic mass is 32.1. The number of methoxy groups -OCH3 is 1. The van der Waals surface area contributed by atoms with E-state index in [9.17, 15) is 9.90 Å². The molecule has 6 heteroatoms. The van der Waals surface area contributed by atoms with Gasteiger partial charge in [0.1, 0.15) is 12.0 Å². The Bertz CT molecular complexity index is 1050. The van der Waals surface area contributed by atoms with Gasteiger partial charge in [0.25, 0.3) is 0 Å². The molecular weight excluding hydrogens is 386 g/mol. The Morgan fingerprint density at radius 1 is 1.34 bits per heavy atom. The fourth-order valence-corrected chi connectivity index (χ4v) is 4.93. The lowest BCUT2D eigenvalue weighted by atomic mass is 9.86. The van der Waals surface area contributed by atoms with Crippen molar-refractivity contribution >= 4 is 17.3 Å². The summed E-state index contributed by atoms with van der Waals surface area (Å²) in [6.45, 7) is 6.28. The molecule has 0 saturated carbocycles. The molecule has 0 aliphatic carbocycles. The Hall–Kier alpha value is -2.83. The third kappa shape index (κ3) is 3.18. The molecule has 0 amide bonds. The van der Waals surface area contributed by atoms with Gasteiger partial charge in [-0.2, -0.15) is 0 Å². The molecule has 0 radical (unpaired) electrons. The van der Waals surface area contributed by atoms with Crippen LogP contribution in [0.25, 0.3) is 21.8 Å². The molecule has 3 heterocycles. The first-order valence-electron chi connectivity index (χ1n) is 9.53. The van der Waals surface area contributed by atoms with Gasteiger partial charge in [-0.05, 0) is 47.7 Å². The molecule has 1 N–H and O–H groups in total. The van der Waals surface area contributed by atoms with Gasteiger partial charge in [-0.25, -0.2) is 4.79 Å². The number of hydrogen-bond acceptors (Lipinski definition) is 4. The van der Waals surface area contributed by atoms with Crippen molar-refractivity contribution in [2.75, 3.05) is 13.7 Å². The zero-order valence-electron chi connectivity index (χ0n) is 16.4. The van der Waals surface area contributed by atoms with Crippen molar-refractivity contribution in [2.45, 2.75) is 25.5 Å². The van der Waals surface area contributed by atoms with E-state index in [0.717, 1.165) is 33.9 Å². The Kier molecular flexibility index (Phi) is 5.30. The second kappa shape index (κ2) is 7.89. The number of thiophene rings is 1. The molecule has 0 spiro atoms. The molecule has 0 saturated heterocycles. The van der Waals surface area contributed by atoms with Gasteiger partial charge >= 0.3 is 5.97 Å². The van der Waals surface area contributed by atoms with Crippen LogP contribution in [-0.4, -0.2) is 29.4 Å². The Labute approximate surface area is 173 Å². The number of nitrogens with zero attached hydrogens (tertiary/aromatic N) is 1. The van der Waals surface area contributed by atoms with Crippen molar-refractivity contribution in [2.24, 2.45) is 0 Å². The zero-order valence-corrected chi connectivity index (χ0v) is 17.2. The zero-order chi connectivity index (χ0) is 20.5. The minimum Gasteiger partial charge on any atom is -0.497 e. The molecule has 1 aliphatic heterocycles. The number of aromatic nitrogens is 1. The summed E-state index contributed by atoms with van der Waals surface area (Å²) in [5.74, 6) is -0.109. The number of rotatable bonds is 7. The topological polar surface area (TPSA) is 60.7 Å².